The molecule has 0 aliphatic heterocycles. The molecule has 0 saturated carbocycles. The van der Waals surface area contributed by atoms with Crippen LogP contribution in [0, 0.1) is 0 Å². The largest absolute Gasteiger partial charge is 0.383 e. The predicted molar refractivity (Wildman–Crippen MR) is 116 cm³/mol. The molecule has 8 heteroatoms. The quantitative estimate of drug-likeness (QED) is 0.186. The summed E-state index contributed by atoms with van der Waals surface area (Å²) < 4.78 is 5.13. The first-order valence-electron chi connectivity index (χ1n) is 7.94. The molecule has 142 valence electrons. The minimum Gasteiger partial charge on any atom is -0.383 e. The minimum absolute atomic E-state index is 0. The number of ether oxygens (including phenoxy) is 1. The number of hydrogen-bond donors (Lipinski definition) is 2. The standard InChI is InChI=1S/C17H28N4O2S.HI/c1-14(13-23-4)20-17(19-12-16(22)21(2)3)18-10-11-24-15-8-6-5-7-9-15;/h5-9,14H,10-13H2,1-4H3,(H2,18,19,20);1H. The van der Waals surface area contributed by atoms with Crippen LogP contribution in [-0.2, 0) is 9.53 Å². The van der Waals surface area contributed by atoms with Crippen LogP contribution in [0.15, 0.2) is 40.2 Å². The molecule has 1 unspecified atom stereocenters. The molecule has 0 fully saturated rings. The van der Waals surface area contributed by atoms with Crippen LogP contribution in [0.1, 0.15) is 6.92 Å². The van der Waals surface area contributed by atoms with Gasteiger partial charge in [-0.05, 0) is 19.1 Å². The molecule has 0 radical (unpaired) electrons. The highest BCUT2D eigenvalue weighted by molar-refractivity contribution is 14.0. The summed E-state index contributed by atoms with van der Waals surface area (Å²) in [5.41, 5.74) is 0. The molecule has 0 saturated heterocycles. The van der Waals surface area contributed by atoms with Gasteiger partial charge in [0.15, 0.2) is 5.96 Å². The molecule has 1 aromatic carbocycles. The molecule has 1 aromatic rings. The lowest BCUT2D eigenvalue weighted by atomic mass is 10.4. The highest BCUT2D eigenvalue weighted by atomic mass is 127. The average Bonchev–Trinajstić information content (AvgIpc) is 2.57. The lowest BCUT2D eigenvalue weighted by molar-refractivity contribution is -0.127. The van der Waals surface area contributed by atoms with E-state index in [9.17, 15) is 4.79 Å². The zero-order valence-electron chi connectivity index (χ0n) is 15.3. The van der Waals surface area contributed by atoms with E-state index in [1.807, 2.05) is 25.1 Å². The molecule has 0 spiro atoms. The third-order valence-electron chi connectivity index (χ3n) is 3.08. The van der Waals surface area contributed by atoms with Gasteiger partial charge in [0, 0.05) is 44.4 Å². The summed E-state index contributed by atoms with van der Waals surface area (Å²) in [6, 6.07) is 10.4. The van der Waals surface area contributed by atoms with Crippen LogP contribution in [0.2, 0.25) is 0 Å². The maximum Gasteiger partial charge on any atom is 0.243 e. The fourth-order valence-corrected chi connectivity index (χ4v) is 2.61. The van der Waals surface area contributed by atoms with Crippen LogP contribution in [-0.4, -0.2) is 69.5 Å². The maximum absolute atomic E-state index is 11.7. The number of hydrogen-bond acceptors (Lipinski definition) is 4. The van der Waals surface area contributed by atoms with Crippen molar-refractivity contribution in [3.63, 3.8) is 0 Å². The van der Waals surface area contributed by atoms with Crippen molar-refractivity contribution in [1.82, 2.24) is 15.5 Å². The van der Waals surface area contributed by atoms with Crippen LogP contribution in [0.5, 0.6) is 0 Å². The monoisotopic (exact) mass is 480 g/mol. The number of likely N-dealkylation sites (N-methyl/N-ethyl adjacent to an activating group) is 1. The number of thioether (sulfide) groups is 1. The molecule has 1 amide bonds. The Hall–Kier alpha value is -1.000. The van der Waals surface area contributed by atoms with E-state index in [0.29, 0.717) is 12.6 Å². The Labute approximate surface area is 172 Å². The zero-order chi connectivity index (χ0) is 17.8. The highest BCUT2D eigenvalue weighted by Gasteiger charge is 2.07. The van der Waals surface area contributed by atoms with Crippen molar-refractivity contribution in [3.8, 4) is 0 Å². The van der Waals surface area contributed by atoms with E-state index in [2.05, 4.69) is 27.8 Å². The van der Waals surface area contributed by atoms with E-state index in [4.69, 9.17) is 4.74 Å². The number of guanidine groups is 1. The van der Waals surface area contributed by atoms with E-state index in [1.54, 1.807) is 33.0 Å². The van der Waals surface area contributed by atoms with Crippen molar-refractivity contribution in [1.29, 1.82) is 0 Å². The number of methoxy groups -OCH3 is 1. The summed E-state index contributed by atoms with van der Waals surface area (Å²) in [6.45, 7) is 3.45. The summed E-state index contributed by atoms with van der Waals surface area (Å²) in [4.78, 5) is 18.8. The number of aliphatic imine (C=N–C) groups is 1. The van der Waals surface area contributed by atoms with Crippen LogP contribution < -0.4 is 10.6 Å². The van der Waals surface area contributed by atoms with Gasteiger partial charge in [0.2, 0.25) is 5.91 Å². The van der Waals surface area contributed by atoms with E-state index in [-0.39, 0.29) is 42.5 Å². The average molecular weight is 480 g/mol. The summed E-state index contributed by atoms with van der Waals surface area (Å²) in [5, 5.41) is 6.51. The molecule has 1 atom stereocenters. The van der Waals surface area contributed by atoms with Gasteiger partial charge in [-0.25, -0.2) is 4.99 Å². The van der Waals surface area contributed by atoms with Gasteiger partial charge in [-0.2, -0.15) is 0 Å². The Morgan fingerprint density at radius 1 is 1.32 bits per heavy atom. The van der Waals surface area contributed by atoms with E-state index in [0.717, 1.165) is 12.3 Å². The number of halogens is 1. The Bertz CT molecular complexity index is 515. The smallest absolute Gasteiger partial charge is 0.243 e. The van der Waals surface area contributed by atoms with Crippen molar-refractivity contribution in [2.75, 3.05) is 46.7 Å². The lowest BCUT2D eigenvalue weighted by Gasteiger charge is -2.18. The predicted octanol–water partition coefficient (Wildman–Crippen LogP) is 2.06. The van der Waals surface area contributed by atoms with E-state index in [1.165, 1.54) is 9.80 Å². The van der Waals surface area contributed by atoms with E-state index >= 15 is 0 Å². The maximum atomic E-state index is 11.7. The third kappa shape index (κ3) is 11.3. The summed E-state index contributed by atoms with van der Waals surface area (Å²) in [5.74, 6) is 1.50. The fourth-order valence-electron chi connectivity index (χ4n) is 1.82. The zero-order valence-corrected chi connectivity index (χ0v) is 18.5. The second-order valence-corrected chi connectivity index (χ2v) is 6.71. The number of carbonyl (C=O) groups excluding carboxylic acids is 1. The number of nitrogens with zero attached hydrogens (tertiary/aromatic N) is 2. The topological polar surface area (TPSA) is 66.0 Å². The second-order valence-electron chi connectivity index (χ2n) is 5.54. The molecule has 25 heavy (non-hydrogen) atoms. The molecular weight excluding hydrogens is 451 g/mol. The van der Waals surface area contributed by atoms with Gasteiger partial charge in [-0.15, -0.1) is 35.7 Å². The van der Waals surface area contributed by atoms with Gasteiger partial charge in [0.05, 0.1) is 6.61 Å². The molecule has 0 aliphatic rings. The Balaban J connectivity index is 0.00000576. The van der Waals surface area contributed by atoms with Gasteiger partial charge in [-0.1, -0.05) is 18.2 Å². The molecule has 0 aliphatic carbocycles. The number of amides is 1. The van der Waals surface area contributed by atoms with Gasteiger partial charge in [0.25, 0.3) is 0 Å². The molecular formula is C17H29IN4O2S. The molecule has 0 heterocycles. The van der Waals surface area contributed by atoms with Crippen LogP contribution in [0.3, 0.4) is 0 Å². The molecule has 2 N–H and O–H groups in total. The van der Waals surface area contributed by atoms with Crippen molar-refractivity contribution < 1.29 is 9.53 Å². The van der Waals surface area contributed by atoms with Crippen LogP contribution >= 0.6 is 35.7 Å². The molecule has 6 nitrogen and oxygen atoms in total. The van der Waals surface area contributed by atoms with Crippen LogP contribution in [0.25, 0.3) is 0 Å². The first kappa shape index (κ1) is 24.0. The first-order chi connectivity index (χ1) is 11.5. The SMILES string of the molecule is COCC(C)NC(=NCC(=O)N(C)C)NCCSc1ccccc1.I. The summed E-state index contributed by atoms with van der Waals surface area (Å²) in [7, 11) is 5.11. The van der Waals surface area contributed by atoms with Crippen LogP contribution in [0.4, 0.5) is 0 Å². The Morgan fingerprint density at radius 2 is 2.00 bits per heavy atom. The van der Waals surface area contributed by atoms with Gasteiger partial charge in [-0.3, -0.25) is 4.79 Å². The molecule has 0 aromatic heterocycles. The van der Waals surface area contributed by atoms with Crippen molar-refractivity contribution in [3.05, 3.63) is 30.3 Å². The number of rotatable bonds is 9. The van der Waals surface area contributed by atoms with Gasteiger partial charge >= 0.3 is 0 Å². The minimum atomic E-state index is -0.0332. The van der Waals surface area contributed by atoms with Crippen molar-refractivity contribution in [2.24, 2.45) is 4.99 Å². The molecule has 0 bridgehead atoms. The lowest BCUT2D eigenvalue weighted by Crippen LogP contribution is -2.45. The fraction of sp³-hybridized carbons (Fsp3) is 0.529. The highest BCUT2D eigenvalue weighted by Crippen LogP contribution is 2.15. The van der Waals surface area contributed by atoms with Crippen molar-refractivity contribution >= 4 is 47.6 Å². The van der Waals surface area contributed by atoms with E-state index < -0.39 is 0 Å². The number of carbonyl (C=O) groups is 1. The Morgan fingerprint density at radius 3 is 2.60 bits per heavy atom. The summed E-state index contributed by atoms with van der Waals surface area (Å²) in [6.07, 6.45) is 0. The number of benzene rings is 1. The molecule has 1 rings (SSSR count). The van der Waals surface area contributed by atoms with Crippen molar-refractivity contribution in [2.45, 2.75) is 17.9 Å². The van der Waals surface area contributed by atoms with Gasteiger partial charge in [0.1, 0.15) is 6.54 Å². The van der Waals surface area contributed by atoms with Gasteiger partial charge < -0.3 is 20.3 Å². The normalized spacial score (nSPS) is 12.1. The summed E-state index contributed by atoms with van der Waals surface area (Å²) >= 11 is 1.78. The first-order valence-corrected chi connectivity index (χ1v) is 8.93. The Kier molecular flexibility index (Phi) is 13.6. The third-order valence-corrected chi connectivity index (χ3v) is 4.09. The second kappa shape index (κ2) is 14.2. The number of nitrogens with one attached hydrogen (secondary N) is 2.